The Morgan fingerprint density at radius 3 is 2.22 bits per heavy atom. The van der Waals surface area contributed by atoms with Gasteiger partial charge in [-0.05, 0) is 12.8 Å². The van der Waals surface area contributed by atoms with Crippen molar-refractivity contribution >= 4 is 12.6 Å². The van der Waals surface area contributed by atoms with Crippen molar-refractivity contribution in [3.05, 3.63) is 0 Å². The van der Waals surface area contributed by atoms with Gasteiger partial charge in [0.15, 0.2) is 0 Å². The summed E-state index contributed by atoms with van der Waals surface area (Å²) >= 11 is 4.17. The summed E-state index contributed by atoms with van der Waals surface area (Å²) in [7, 11) is 0. The molecule has 2 heteroatoms. The fraction of sp³-hybridized carbons (Fsp3) is 1.00. The third-order valence-corrected chi connectivity index (χ3v) is 2.76. The summed E-state index contributed by atoms with van der Waals surface area (Å²) in [5.41, 5.74) is 5.81. The van der Waals surface area contributed by atoms with Crippen molar-refractivity contribution in [2.45, 2.75) is 32.7 Å². The fourth-order valence-electron chi connectivity index (χ4n) is 0.622. The van der Waals surface area contributed by atoms with Crippen LogP contribution in [0.5, 0.6) is 0 Å². The van der Waals surface area contributed by atoms with Crippen molar-refractivity contribution < 1.29 is 0 Å². The second kappa shape index (κ2) is 3.47. The summed E-state index contributed by atoms with van der Waals surface area (Å²) in [5, 5.41) is 0. The van der Waals surface area contributed by atoms with Crippen LogP contribution < -0.4 is 5.73 Å². The maximum Gasteiger partial charge on any atom is 0.0240 e. The summed E-state index contributed by atoms with van der Waals surface area (Å²) in [6, 6.07) is 0. The minimum absolute atomic E-state index is 0.0855. The molecule has 0 aromatic carbocycles. The minimum atomic E-state index is -0.0855. The van der Waals surface area contributed by atoms with Gasteiger partial charge in [-0.1, -0.05) is 20.3 Å². The maximum atomic E-state index is 5.89. The van der Waals surface area contributed by atoms with Gasteiger partial charge in [0.25, 0.3) is 0 Å². The van der Waals surface area contributed by atoms with Gasteiger partial charge in [-0.3, -0.25) is 0 Å². The smallest absolute Gasteiger partial charge is 0.0240 e. The SMILES string of the molecule is CCC(C)C(C)(N)CS. The number of nitrogens with two attached hydrogens (primary N) is 1. The molecule has 0 radical (unpaired) electrons. The van der Waals surface area contributed by atoms with E-state index in [1.165, 1.54) is 0 Å². The van der Waals surface area contributed by atoms with Crippen LogP contribution in [0.3, 0.4) is 0 Å². The molecule has 1 nitrogen and oxygen atoms in total. The van der Waals surface area contributed by atoms with Crippen LogP contribution >= 0.6 is 12.6 Å². The van der Waals surface area contributed by atoms with Crippen LogP contribution in [-0.2, 0) is 0 Å². The maximum absolute atomic E-state index is 5.89. The molecule has 0 aromatic heterocycles. The number of hydrogen-bond donors (Lipinski definition) is 2. The van der Waals surface area contributed by atoms with E-state index >= 15 is 0 Å². The zero-order valence-corrected chi connectivity index (χ0v) is 7.41. The Kier molecular flexibility index (Phi) is 3.59. The predicted molar refractivity (Wildman–Crippen MR) is 45.9 cm³/mol. The molecular weight excluding hydrogens is 130 g/mol. The Hall–Kier alpha value is 0.310. The van der Waals surface area contributed by atoms with Crippen LogP contribution in [0, 0.1) is 5.92 Å². The normalized spacial score (nSPS) is 21.0. The lowest BCUT2D eigenvalue weighted by molar-refractivity contribution is 0.344. The van der Waals surface area contributed by atoms with E-state index in [9.17, 15) is 0 Å². The highest BCUT2D eigenvalue weighted by Crippen LogP contribution is 2.17. The van der Waals surface area contributed by atoms with Gasteiger partial charge in [-0.25, -0.2) is 0 Å². The minimum Gasteiger partial charge on any atom is -0.324 e. The van der Waals surface area contributed by atoms with Crippen molar-refractivity contribution in [3.8, 4) is 0 Å². The van der Waals surface area contributed by atoms with Gasteiger partial charge in [-0.15, -0.1) is 0 Å². The third kappa shape index (κ3) is 2.59. The summed E-state index contributed by atoms with van der Waals surface area (Å²) in [6.45, 7) is 6.36. The van der Waals surface area contributed by atoms with Crippen LogP contribution in [-0.4, -0.2) is 11.3 Å². The van der Waals surface area contributed by atoms with Gasteiger partial charge < -0.3 is 5.73 Å². The molecule has 2 N–H and O–H groups in total. The second-order valence-electron chi connectivity index (χ2n) is 2.97. The monoisotopic (exact) mass is 147 g/mol. The molecule has 0 rings (SSSR count). The van der Waals surface area contributed by atoms with Crippen LogP contribution in [0.1, 0.15) is 27.2 Å². The first-order chi connectivity index (χ1) is 4.04. The summed E-state index contributed by atoms with van der Waals surface area (Å²) in [6.07, 6.45) is 1.13. The Morgan fingerprint density at radius 1 is 1.67 bits per heavy atom. The number of thiol groups is 1. The molecule has 0 aromatic rings. The summed E-state index contributed by atoms with van der Waals surface area (Å²) in [4.78, 5) is 0. The highest BCUT2D eigenvalue weighted by atomic mass is 32.1. The zero-order valence-electron chi connectivity index (χ0n) is 6.52. The average molecular weight is 147 g/mol. The molecule has 0 fully saturated rings. The van der Waals surface area contributed by atoms with E-state index < -0.39 is 0 Å². The molecule has 2 atom stereocenters. The molecule has 2 unspecified atom stereocenters. The summed E-state index contributed by atoms with van der Waals surface area (Å²) < 4.78 is 0. The van der Waals surface area contributed by atoms with E-state index in [1.54, 1.807) is 0 Å². The molecule has 0 bridgehead atoms. The molecule has 9 heavy (non-hydrogen) atoms. The van der Waals surface area contributed by atoms with Crippen LogP contribution in [0.25, 0.3) is 0 Å². The zero-order chi connectivity index (χ0) is 7.49. The quantitative estimate of drug-likeness (QED) is 0.584. The highest BCUT2D eigenvalue weighted by Gasteiger charge is 2.22. The van der Waals surface area contributed by atoms with Gasteiger partial charge in [-0.2, -0.15) is 12.6 Å². The van der Waals surface area contributed by atoms with Crippen LogP contribution in [0.2, 0.25) is 0 Å². The Labute approximate surface area is 63.4 Å². The first-order valence-corrected chi connectivity index (χ1v) is 4.07. The van der Waals surface area contributed by atoms with Gasteiger partial charge in [0.1, 0.15) is 0 Å². The molecule has 0 aliphatic heterocycles. The molecule has 0 heterocycles. The van der Waals surface area contributed by atoms with Crippen LogP contribution in [0.15, 0.2) is 0 Å². The second-order valence-corrected chi connectivity index (χ2v) is 3.29. The fourth-order valence-corrected chi connectivity index (χ4v) is 0.934. The molecule has 0 saturated carbocycles. The largest absolute Gasteiger partial charge is 0.324 e. The first-order valence-electron chi connectivity index (χ1n) is 3.44. The van der Waals surface area contributed by atoms with Crippen molar-refractivity contribution in [2.24, 2.45) is 11.7 Å². The summed E-state index contributed by atoms with van der Waals surface area (Å²) in [5.74, 6) is 1.33. The van der Waals surface area contributed by atoms with E-state index in [4.69, 9.17) is 5.73 Å². The molecule has 0 spiro atoms. The van der Waals surface area contributed by atoms with E-state index in [-0.39, 0.29) is 5.54 Å². The molecule has 0 aliphatic carbocycles. The molecular formula is C7H17NS. The topological polar surface area (TPSA) is 26.0 Å². The standard InChI is InChI=1S/C7H17NS/c1-4-6(2)7(3,8)5-9/h6,9H,4-5,8H2,1-3H3. The van der Waals surface area contributed by atoms with Gasteiger partial charge in [0.05, 0.1) is 0 Å². The van der Waals surface area contributed by atoms with E-state index in [1.807, 2.05) is 6.92 Å². The molecule has 0 aliphatic rings. The van der Waals surface area contributed by atoms with Gasteiger partial charge in [0.2, 0.25) is 0 Å². The highest BCUT2D eigenvalue weighted by molar-refractivity contribution is 7.80. The van der Waals surface area contributed by atoms with Gasteiger partial charge in [0, 0.05) is 11.3 Å². The lowest BCUT2D eigenvalue weighted by Gasteiger charge is -2.28. The molecule has 0 saturated heterocycles. The Morgan fingerprint density at radius 2 is 2.11 bits per heavy atom. The number of rotatable bonds is 3. The average Bonchev–Trinajstić information content (AvgIpc) is 1.86. The van der Waals surface area contributed by atoms with E-state index in [0.717, 1.165) is 12.2 Å². The lowest BCUT2D eigenvalue weighted by atomic mass is 9.88. The third-order valence-electron chi connectivity index (χ3n) is 2.08. The molecule has 0 amide bonds. The van der Waals surface area contributed by atoms with Crippen molar-refractivity contribution in [3.63, 3.8) is 0 Å². The number of hydrogen-bond acceptors (Lipinski definition) is 2. The van der Waals surface area contributed by atoms with Gasteiger partial charge >= 0.3 is 0 Å². The Balaban J connectivity index is 3.80. The lowest BCUT2D eigenvalue weighted by Crippen LogP contribution is -2.44. The molecule has 56 valence electrons. The van der Waals surface area contributed by atoms with Crippen molar-refractivity contribution in [1.82, 2.24) is 0 Å². The first kappa shape index (κ1) is 9.31. The van der Waals surface area contributed by atoms with E-state index in [2.05, 4.69) is 26.5 Å². The van der Waals surface area contributed by atoms with Crippen molar-refractivity contribution in [2.75, 3.05) is 5.75 Å². The predicted octanol–water partition coefficient (Wildman–Crippen LogP) is 1.68. The van der Waals surface area contributed by atoms with E-state index in [0.29, 0.717) is 5.92 Å². The van der Waals surface area contributed by atoms with Crippen LogP contribution in [0.4, 0.5) is 0 Å². The van der Waals surface area contributed by atoms with Crippen molar-refractivity contribution in [1.29, 1.82) is 0 Å². The Bertz CT molecular complexity index is 81.0.